The summed E-state index contributed by atoms with van der Waals surface area (Å²) in [6.07, 6.45) is 2.04. The minimum absolute atomic E-state index is 0.0895. The highest BCUT2D eigenvalue weighted by molar-refractivity contribution is 7.79. The van der Waals surface area contributed by atoms with Crippen LogP contribution < -0.4 is 5.32 Å². The summed E-state index contributed by atoms with van der Waals surface area (Å²) in [6.45, 7) is -0.0895. The maximum atomic E-state index is 12.5. The molecule has 0 radical (unpaired) electrons. The highest BCUT2D eigenvalue weighted by atomic mass is 35.5. The van der Waals surface area contributed by atoms with E-state index in [0.29, 0.717) is 39.5 Å². The number of rotatable bonds is 7. The minimum Gasteiger partial charge on any atom is -0.392 e. The fraction of sp³-hybridized carbons (Fsp3) is 0.143. The number of nitrogens with zero attached hydrogens (tertiary/aromatic N) is 1. The Labute approximate surface area is 175 Å². The van der Waals surface area contributed by atoms with E-state index in [1.165, 1.54) is 0 Å². The van der Waals surface area contributed by atoms with Crippen molar-refractivity contribution in [3.63, 3.8) is 0 Å². The van der Waals surface area contributed by atoms with Crippen molar-refractivity contribution < 1.29 is 18.7 Å². The van der Waals surface area contributed by atoms with Crippen LogP contribution in [0.25, 0.3) is 11.3 Å². The zero-order valence-corrected chi connectivity index (χ0v) is 16.9. The number of benzene rings is 2. The van der Waals surface area contributed by atoms with Gasteiger partial charge in [0.15, 0.2) is 11.1 Å². The lowest BCUT2D eigenvalue weighted by Crippen LogP contribution is -2.12. The van der Waals surface area contributed by atoms with Crippen LogP contribution in [0.1, 0.15) is 21.5 Å². The van der Waals surface area contributed by atoms with Crippen LogP contribution in [0.2, 0.25) is 5.02 Å². The summed E-state index contributed by atoms with van der Waals surface area (Å²) in [5.74, 6) is -0.119. The minimum atomic E-state index is -1.84. The Bertz CT molecular complexity index is 1020. The number of amides is 1. The molecule has 0 saturated heterocycles. The van der Waals surface area contributed by atoms with Crippen LogP contribution in [0.15, 0.2) is 60.8 Å². The first-order valence-electron chi connectivity index (χ1n) is 8.79. The van der Waals surface area contributed by atoms with Crippen molar-refractivity contribution >= 4 is 34.3 Å². The average Bonchev–Trinajstić information content (AvgIpc) is 2.74. The molecule has 1 atom stereocenters. The lowest BCUT2D eigenvalue weighted by molar-refractivity contribution is 0.102. The predicted molar refractivity (Wildman–Crippen MR) is 114 cm³/mol. The number of carbonyl (C=O) groups excluding carboxylic acids is 1. The van der Waals surface area contributed by atoms with Crippen molar-refractivity contribution in [2.75, 3.05) is 11.1 Å². The number of carbonyl (C=O) groups is 1. The Morgan fingerprint density at radius 1 is 1.07 bits per heavy atom. The van der Waals surface area contributed by atoms with E-state index < -0.39 is 11.1 Å². The molecule has 0 fully saturated rings. The summed E-state index contributed by atoms with van der Waals surface area (Å²) in [6, 6.07) is 15.5. The summed E-state index contributed by atoms with van der Waals surface area (Å²) in [7, 11) is 0. The van der Waals surface area contributed by atoms with E-state index in [9.17, 15) is 9.00 Å². The number of halogens is 1. The van der Waals surface area contributed by atoms with Gasteiger partial charge in [-0.1, -0.05) is 29.8 Å². The molecular formula is C21H19ClN2O4S. The quantitative estimate of drug-likeness (QED) is 0.493. The molecule has 8 heteroatoms. The molecule has 1 heterocycles. The highest BCUT2D eigenvalue weighted by Crippen LogP contribution is 2.29. The van der Waals surface area contributed by atoms with Crippen LogP contribution in [-0.4, -0.2) is 30.5 Å². The van der Waals surface area contributed by atoms with Crippen LogP contribution in [0.5, 0.6) is 0 Å². The molecule has 0 saturated carbocycles. The molecular weight excluding hydrogens is 412 g/mol. The molecule has 1 aromatic heterocycles. The Hall–Kier alpha value is -2.58. The number of aromatic nitrogens is 1. The van der Waals surface area contributed by atoms with Crippen LogP contribution in [0.4, 0.5) is 5.69 Å². The zero-order valence-electron chi connectivity index (χ0n) is 15.3. The fourth-order valence-corrected chi connectivity index (χ4v) is 3.33. The largest absolute Gasteiger partial charge is 0.392 e. The van der Waals surface area contributed by atoms with Gasteiger partial charge in [0.25, 0.3) is 5.91 Å². The lowest BCUT2D eigenvalue weighted by atomic mass is 10.1. The van der Waals surface area contributed by atoms with Crippen molar-refractivity contribution in [1.82, 2.24) is 4.98 Å². The number of nitrogens with one attached hydrogen (secondary N) is 1. The van der Waals surface area contributed by atoms with Crippen molar-refractivity contribution in [1.29, 1.82) is 0 Å². The maximum Gasteiger partial charge on any atom is 0.255 e. The van der Waals surface area contributed by atoms with E-state index in [1.807, 2.05) is 0 Å². The third kappa shape index (κ3) is 5.71. The molecule has 0 bridgehead atoms. The number of aliphatic hydroxyl groups is 1. The van der Waals surface area contributed by atoms with E-state index in [2.05, 4.69) is 10.3 Å². The molecule has 150 valence electrons. The van der Waals surface area contributed by atoms with Gasteiger partial charge in [-0.2, -0.15) is 0 Å². The first kappa shape index (κ1) is 21.1. The molecule has 3 rings (SSSR count). The molecule has 1 amide bonds. The molecule has 29 heavy (non-hydrogen) atoms. The van der Waals surface area contributed by atoms with Gasteiger partial charge in [-0.05, 0) is 53.9 Å². The van der Waals surface area contributed by atoms with Gasteiger partial charge in [-0.15, -0.1) is 0 Å². The Balaban J connectivity index is 1.74. The standard InChI is InChI=1S/C21H19ClN2O4S/c22-19-7-6-17(11-18(19)20-8-3-15(13-25)12-23-20)24-21(26)16-4-1-14(2-5-16)9-10-29(27)28/h1-8,11-12,25H,9-10,13H2,(H,24,26)(H,27,28). The molecule has 3 aromatic rings. The average molecular weight is 431 g/mol. The van der Waals surface area contributed by atoms with Crippen LogP contribution >= 0.6 is 11.6 Å². The fourth-order valence-electron chi connectivity index (χ4n) is 2.71. The summed E-state index contributed by atoms with van der Waals surface area (Å²) >= 11 is 4.45. The normalized spacial score (nSPS) is 11.8. The van der Waals surface area contributed by atoms with Gasteiger partial charge < -0.3 is 15.0 Å². The second-order valence-electron chi connectivity index (χ2n) is 6.33. The first-order chi connectivity index (χ1) is 14.0. The van der Waals surface area contributed by atoms with Crippen molar-refractivity contribution in [3.05, 3.63) is 82.5 Å². The second kappa shape index (κ2) is 9.76. The third-order valence-electron chi connectivity index (χ3n) is 4.29. The summed E-state index contributed by atoms with van der Waals surface area (Å²) in [5.41, 5.74) is 3.93. The topological polar surface area (TPSA) is 99.5 Å². The second-order valence-corrected chi connectivity index (χ2v) is 7.79. The number of hydrogen-bond acceptors (Lipinski definition) is 4. The van der Waals surface area contributed by atoms with Crippen molar-refractivity contribution in [2.24, 2.45) is 0 Å². The van der Waals surface area contributed by atoms with E-state index >= 15 is 0 Å². The van der Waals surface area contributed by atoms with Gasteiger partial charge in [0, 0.05) is 23.0 Å². The molecule has 6 nitrogen and oxygen atoms in total. The zero-order chi connectivity index (χ0) is 20.8. The van der Waals surface area contributed by atoms with E-state index in [-0.39, 0.29) is 18.3 Å². The Morgan fingerprint density at radius 2 is 1.79 bits per heavy atom. The van der Waals surface area contributed by atoms with Crippen molar-refractivity contribution in [3.8, 4) is 11.3 Å². The van der Waals surface area contributed by atoms with E-state index in [0.717, 1.165) is 5.56 Å². The summed E-state index contributed by atoms with van der Waals surface area (Å²) in [4.78, 5) is 16.8. The number of aryl methyl sites for hydroxylation is 1. The van der Waals surface area contributed by atoms with Gasteiger partial charge >= 0.3 is 0 Å². The number of pyridine rings is 1. The Morgan fingerprint density at radius 3 is 2.41 bits per heavy atom. The predicted octanol–water partition coefficient (Wildman–Crippen LogP) is 3.91. The van der Waals surface area contributed by atoms with Crippen molar-refractivity contribution in [2.45, 2.75) is 13.0 Å². The Kier molecular flexibility index (Phi) is 7.11. The highest BCUT2D eigenvalue weighted by Gasteiger charge is 2.10. The smallest absolute Gasteiger partial charge is 0.255 e. The molecule has 0 aliphatic rings. The monoisotopic (exact) mass is 430 g/mol. The van der Waals surface area contributed by atoms with E-state index in [4.69, 9.17) is 21.3 Å². The molecule has 3 N–H and O–H groups in total. The molecule has 0 aliphatic carbocycles. The number of anilines is 1. The van der Waals surface area contributed by atoms with Gasteiger partial charge in [0.05, 0.1) is 23.1 Å². The van der Waals surface area contributed by atoms with Gasteiger partial charge in [-0.3, -0.25) is 9.78 Å². The molecule has 0 spiro atoms. The summed E-state index contributed by atoms with van der Waals surface area (Å²) < 4.78 is 19.6. The van der Waals surface area contributed by atoms with Crippen LogP contribution in [-0.2, 0) is 24.1 Å². The lowest BCUT2D eigenvalue weighted by Gasteiger charge is -2.10. The van der Waals surface area contributed by atoms with Crippen LogP contribution in [0, 0.1) is 0 Å². The van der Waals surface area contributed by atoms with Gasteiger partial charge in [0.2, 0.25) is 0 Å². The summed E-state index contributed by atoms with van der Waals surface area (Å²) in [5, 5.41) is 12.5. The number of hydrogen-bond donors (Lipinski definition) is 3. The van der Waals surface area contributed by atoms with E-state index in [1.54, 1.807) is 60.8 Å². The van der Waals surface area contributed by atoms with Gasteiger partial charge in [-0.25, -0.2) is 4.21 Å². The maximum absolute atomic E-state index is 12.5. The third-order valence-corrected chi connectivity index (χ3v) is 5.17. The SMILES string of the molecule is O=C(Nc1ccc(Cl)c(-c2ccc(CO)cn2)c1)c1ccc(CCS(=O)O)cc1. The molecule has 0 aliphatic heterocycles. The molecule has 2 aromatic carbocycles. The molecule has 1 unspecified atom stereocenters. The number of aliphatic hydroxyl groups excluding tert-OH is 1. The first-order valence-corrected chi connectivity index (χ1v) is 10.4. The van der Waals surface area contributed by atoms with Crippen LogP contribution in [0.3, 0.4) is 0 Å². The van der Waals surface area contributed by atoms with Gasteiger partial charge in [0.1, 0.15) is 0 Å².